The molecule has 1 atom stereocenters. The third kappa shape index (κ3) is 6.12. The van der Waals surface area contributed by atoms with Crippen LogP contribution in [0.2, 0.25) is 0 Å². The van der Waals surface area contributed by atoms with E-state index in [1.807, 2.05) is 24.3 Å². The van der Waals surface area contributed by atoms with Gasteiger partial charge in [-0.25, -0.2) is 13.4 Å². The number of sulfone groups is 1. The number of anilines is 1. The summed E-state index contributed by atoms with van der Waals surface area (Å²) in [5.41, 5.74) is 8.87. The molecule has 0 fully saturated rings. The minimum Gasteiger partial charge on any atom is -0.480 e. The van der Waals surface area contributed by atoms with Crippen molar-refractivity contribution in [2.75, 3.05) is 11.9 Å². The van der Waals surface area contributed by atoms with Gasteiger partial charge in [-0.2, -0.15) is 0 Å². The molecule has 0 aliphatic carbocycles. The van der Waals surface area contributed by atoms with Crippen molar-refractivity contribution in [1.29, 1.82) is 0 Å². The first-order chi connectivity index (χ1) is 17.0. The Morgan fingerprint density at radius 1 is 1.00 bits per heavy atom. The number of nitrogens with one attached hydrogen (secondary N) is 1. The number of nitrogens with zero attached hydrogens (tertiary/aromatic N) is 1. The van der Waals surface area contributed by atoms with Crippen molar-refractivity contribution in [3.8, 4) is 0 Å². The predicted molar refractivity (Wildman–Crippen MR) is 143 cm³/mol. The summed E-state index contributed by atoms with van der Waals surface area (Å²) in [5.74, 6) is -0.818. The summed E-state index contributed by atoms with van der Waals surface area (Å²) in [6.07, 6.45) is 3.32. The summed E-state index contributed by atoms with van der Waals surface area (Å²) in [7, 11) is -4.08. The molecule has 0 amide bonds. The molecule has 0 aliphatic heterocycles. The maximum Gasteiger partial charge on any atom is 0.322 e. The smallest absolute Gasteiger partial charge is 0.322 e. The zero-order valence-electron chi connectivity index (χ0n) is 21.1. The van der Waals surface area contributed by atoms with Crippen molar-refractivity contribution in [2.45, 2.75) is 61.6 Å². The first-order valence-electron chi connectivity index (χ1n) is 12.1. The monoisotopic (exact) mass is 509 g/mol. The van der Waals surface area contributed by atoms with Crippen LogP contribution >= 0.6 is 0 Å². The molecule has 1 heterocycles. The van der Waals surface area contributed by atoms with Crippen LogP contribution in [0.4, 0.5) is 5.82 Å². The van der Waals surface area contributed by atoms with Crippen LogP contribution in [-0.4, -0.2) is 31.0 Å². The average molecular weight is 510 g/mol. The van der Waals surface area contributed by atoms with Gasteiger partial charge in [0.25, 0.3) is 0 Å². The van der Waals surface area contributed by atoms with E-state index >= 15 is 0 Å². The highest BCUT2D eigenvalue weighted by Crippen LogP contribution is 2.35. The van der Waals surface area contributed by atoms with E-state index in [4.69, 9.17) is 10.8 Å². The van der Waals surface area contributed by atoms with Crippen LogP contribution in [0, 0.1) is 0 Å². The molecule has 0 spiro atoms. The number of hydrogen-bond acceptors (Lipinski definition) is 6. The van der Waals surface area contributed by atoms with E-state index in [0.717, 1.165) is 24.8 Å². The molecule has 2 aromatic carbocycles. The Morgan fingerprint density at radius 3 is 2.28 bits per heavy atom. The fraction of sp³-hybridized carbons (Fsp3) is 0.357. The topological polar surface area (TPSA) is 122 Å². The number of pyridine rings is 1. The van der Waals surface area contributed by atoms with Gasteiger partial charge in [0.1, 0.15) is 12.4 Å². The molecule has 192 valence electrons. The molecule has 3 aromatic rings. The summed E-state index contributed by atoms with van der Waals surface area (Å²) >= 11 is 0. The summed E-state index contributed by atoms with van der Waals surface area (Å²) in [6.45, 7) is 6.25. The Balaban J connectivity index is 2.04. The summed E-state index contributed by atoms with van der Waals surface area (Å²) in [4.78, 5) is 13.6. The summed E-state index contributed by atoms with van der Waals surface area (Å²) in [6, 6.07) is 20.8. The van der Waals surface area contributed by atoms with Crippen LogP contribution in [0.15, 0.2) is 77.7 Å². The molecule has 0 saturated heterocycles. The van der Waals surface area contributed by atoms with Gasteiger partial charge < -0.3 is 16.2 Å². The van der Waals surface area contributed by atoms with E-state index in [2.05, 4.69) is 31.1 Å². The van der Waals surface area contributed by atoms with Crippen LogP contribution in [0.1, 0.15) is 56.9 Å². The second-order valence-electron chi connectivity index (χ2n) is 9.72. The average Bonchev–Trinajstić information content (AvgIpc) is 2.87. The predicted octanol–water partition coefficient (Wildman–Crippen LogP) is 4.87. The molecule has 0 aliphatic rings. The van der Waals surface area contributed by atoms with Gasteiger partial charge in [0.15, 0.2) is 4.87 Å². The lowest BCUT2D eigenvalue weighted by atomic mass is 9.80. The van der Waals surface area contributed by atoms with Crippen molar-refractivity contribution < 1.29 is 18.3 Å². The SMILES string of the molecule is CCCCC(C)(C)c1ccc(CC(N)(c2cccc(NCC(=O)O)n2)S(=O)(=O)c2ccccc2)cc1. The van der Waals surface area contributed by atoms with Gasteiger partial charge in [0.05, 0.1) is 10.6 Å². The Labute approximate surface area is 213 Å². The molecule has 1 aromatic heterocycles. The lowest BCUT2D eigenvalue weighted by Crippen LogP contribution is -2.47. The van der Waals surface area contributed by atoms with Gasteiger partial charge in [0.2, 0.25) is 9.84 Å². The van der Waals surface area contributed by atoms with Gasteiger partial charge in [-0.1, -0.05) is 82.1 Å². The Kier molecular flexibility index (Phi) is 8.53. The number of benzene rings is 2. The van der Waals surface area contributed by atoms with E-state index in [0.29, 0.717) is 0 Å². The number of carboxylic acid groups (broad SMARTS) is 1. The van der Waals surface area contributed by atoms with Crippen molar-refractivity contribution in [2.24, 2.45) is 5.73 Å². The lowest BCUT2D eigenvalue weighted by Gasteiger charge is -2.30. The Morgan fingerprint density at radius 2 is 1.67 bits per heavy atom. The molecule has 8 heteroatoms. The lowest BCUT2D eigenvalue weighted by molar-refractivity contribution is -0.134. The number of aromatic nitrogens is 1. The van der Waals surface area contributed by atoms with Crippen LogP contribution in [0.25, 0.3) is 0 Å². The molecule has 7 nitrogen and oxygen atoms in total. The van der Waals surface area contributed by atoms with Gasteiger partial charge in [0, 0.05) is 6.42 Å². The van der Waals surface area contributed by atoms with Crippen molar-refractivity contribution >= 4 is 21.6 Å². The van der Waals surface area contributed by atoms with Crippen LogP contribution in [0.5, 0.6) is 0 Å². The zero-order chi connectivity index (χ0) is 26.4. The van der Waals surface area contributed by atoms with Gasteiger partial charge in [-0.05, 0) is 47.2 Å². The molecule has 4 N–H and O–H groups in total. The molecule has 0 radical (unpaired) electrons. The number of rotatable bonds is 12. The van der Waals surface area contributed by atoms with Crippen LogP contribution < -0.4 is 11.1 Å². The number of aliphatic carboxylic acids is 1. The maximum atomic E-state index is 13.9. The second kappa shape index (κ2) is 11.2. The fourth-order valence-corrected chi connectivity index (χ4v) is 5.89. The minimum absolute atomic E-state index is 0.00468. The van der Waals surface area contributed by atoms with Crippen molar-refractivity contribution in [3.05, 3.63) is 89.6 Å². The third-order valence-electron chi connectivity index (χ3n) is 6.49. The maximum absolute atomic E-state index is 13.9. The summed E-state index contributed by atoms with van der Waals surface area (Å²) in [5, 5.41) is 11.7. The third-order valence-corrected chi connectivity index (χ3v) is 8.70. The molecule has 1 unspecified atom stereocenters. The second-order valence-corrected chi connectivity index (χ2v) is 11.9. The fourth-order valence-electron chi connectivity index (χ4n) is 4.21. The van der Waals surface area contributed by atoms with Crippen LogP contribution in [0.3, 0.4) is 0 Å². The number of nitrogens with two attached hydrogens (primary N) is 1. The number of unbranched alkanes of at least 4 members (excludes halogenated alkanes) is 1. The van der Waals surface area contributed by atoms with Gasteiger partial charge >= 0.3 is 5.97 Å². The zero-order valence-corrected chi connectivity index (χ0v) is 21.9. The van der Waals surface area contributed by atoms with E-state index in [1.54, 1.807) is 36.4 Å². The quantitative estimate of drug-likeness (QED) is 0.318. The minimum atomic E-state index is -4.08. The van der Waals surface area contributed by atoms with Gasteiger partial charge in [-0.15, -0.1) is 0 Å². The normalized spacial score (nSPS) is 13.7. The number of hydrogen-bond donors (Lipinski definition) is 3. The highest BCUT2D eigenvalue weighted by Gasteiger charge is 2.44. The first-order valence-corrected chi connectivity index (χ1v) is 13.6. The Hall–Kier alpha value is -3.23. The first kappa shape index (κ1) is 27.4. The molecule has 36 heavy (non-hydrogen) atoms. The standard InChI is InChI=1S/C28H35N3O4S/c1-4-5-18-27(2,3)22-16-14-21(15-17-22)19-28(29,36(34,35)23-10-7-6-8-11-23)24-12-9-13-25(31-24)30-20-26(32)33/h6-17H,4-5,18-20,29H2,1-3H3,(H,30,31)(H,32,33). The van der Waals surface area contributed by atoms with Crippen molar-refractivity contribution in [3.63, 3.8) is 0 Å². The Bertz CT molecular complexity index is 1280. The summed E-state index contributed by atoms with van der Waals surface area (Å²) < 4.78 is 27.8. The van der Waals surface area contributed by atoms with E-state index < -0.39 is 20.7 Å². The van der Waals surface area contributed by atoms with Crippen molar-refractivity contribution in [1.82, 2.24) is 4.98 Å². The van der Waals surface area contributed by atoms with Gasteiger partial charge in [-0.3, -0.25) is 4.79 Å². The highest BCUT2D eigenvalue weighted by molar-refractivity contribution is 7.92. The van der Waals surface area contributed by atoms with E-state index in [1.165, 1.54) is 17.7 Å². The molecular formula is C28H35N3O4S. The molecular weight excluding hydrogens is 474 g/mol. The number of carbonyl (C=O) groups is 1. The molecule has 0 bridgehead atoms. The van der Waals surface area contributed by atoms with E-state index in [-0.39, 0.29) is 34.8 Å². The molecule has 3 rings (SSSR count). The number of carboxylic acids is 1. The largest absolute Gasteiger partial charge is 0.480 e. The van der Waals surface area contributed by atoms with Crippen LogP contribution in [-0.2, 0) is 31.3 Å². The highest BCUT2D eigenvalue weighted by atomic mass is 32.2. The molecule has 0 saturated carbocycles. The van der Waals surface area contributed by atoms with E-state index in [9.17, 15) is 13.2 Å².